The maximum Gasteiger partial charge on any atom is 0.251 e. The first-order chi connectivity index (χ1) is 18.4. The van der Waals surface area contributed by atoms with E-state index in [0.29, 0.717) is 11.5 Å². The van der Waals surface area contributed by atoms with E-state index in [4.69, 9.17) is 0 Å². The number of phenols is 1. The summed E-state index contributed by atoms with van der Waals surface area (Å²) in [5.74, 6) is -0.0134. The molecule has 0 aliphatic heterocycles. The van der Waals surface area contributed by atoms with Crippen molar-refractivity contribution in [3.8, 4) is 11.4 Å². The molecule has 1 amide bonds. The van der Waals surface area contributed by atoms with Crippen LogP contribution < -0.4 is 5.32 Å². The lowest BCUT2D eigenvalue weighted by Gasteiger charge is -2.37. The van der Waals surface area contributed by atoms with Gasteiger partial charge < -0.3 is 10.4 Å². The molecule has 1 saturated carbocycles. The summed E-state index contributed by atoms with van der Waals surface area (Å²) in [7, 11) is 0. The monoisotopic (exact) mass is 507 g/mol. The number of carbonyl (C=O) groups is 1. The van der Waals surface area contributed by atoms with Crippen molar-refractivity contribution in [2.24, 2.45) is 11.3 Å². The zero-order valence-corrected chi connectivity index (χ0v) is 21.3. The molecule has 4 aromatic rings. The van der Waals surface area contributed by atoms with Crippen molar-refractivity contribution in [3.63, 3.8) is 0 Å². The molecule has 2 aliphatic carbocycles. The number of carbonyl (C=O) groups excluding carboxylic acids is 1. The quantitative estimate of drug-likeness (QED) is 0.308. The van der Waals surface area contributed by atoms with Crippen LogP contribution in [-0.2, 0) is 6.42 Å². The average Bonchev–Trinajstić information content (AvgIpc) is 3.47. The molecular weight excluding hydrogens is 477 g/mol. The summed E-state index contributed by atoms with van der Waals surface area (Å²) in [6.07, 6.45) is 7.94. The zero-order valence-electron chi connectivity index (χ0n) is 21.3. The number of amides is 1. The fourth-order valence-corrected chi connectivity index (χ4v) is 6.24. The molecule has 2 N–H and O–H groups in total. The third kappa shape index (κ3) is 4.40. The second-order valence-corrected chi connectivity index (χ2v) is 10.7. The van der Waals surface area contributed by atoms with Crippen molar-refractivity contribution in [1.82, 2.24) is 15.1 Å². The van der Waals surface area contributed by atoms with Crippen molar-refractivity contribution >= 4 is 12.0 Å². The maximum atomic E-state index is 13.5. The Kier molecular flexibility index (Phi) is 6.10. The summed E-state index contributed by atoms with van der Waals surface area (Å²) in [6, 6.07) is 22.9. The van der Waals surface area contributed by atoms with E-state index in [1.54, 1.807) is 30.3 Å². The standard InChI is InChI=1S/C32H30FN3O2/c1-32-19-23-20-34-36(27-14-12-26(33)13-15-27)30(23)18-25(32)11-10-24(32)17-29(21-6-3-2-4-7-21)35-31(38)22-8-5-9-28(37)16-22/h2-9,12-16,18,20,24,29,37H,10-11,17,19H2,1H3,(H,35,38). The zero-order chi connectivity index (χ0) is 26.3. The Morgan fingerprint density at radius 2 is 1.92 bits per heavy atom. The smallest absolute Gasteiger partial charge is 0.251 e. The number of aromatic nitrogens is 2. The first-order valence-corrected chi connectivity index (χ1v) is 13.1. The van der Waals surface area contributed by atoms with Gasteiger partial charge in [0.05, 0.1) is 23.6 Å². The Morgan fingerprint density at radius 1 is 1.13 bits per heavy atom. The van der Waals surface area contributed by atoms with Crippen LogP contribution in [0.3, 0.4) is 0 Å². The fourth-order valence-electron chi connectivity index (χ4n) is 6.24. The van der Waals surface area contributed by atoms with E-state index in [1.165, 1.54) is 29.3 Å². The van der Waals surface area contributed by atoms with Crippen molar-refractivity contribution in [3.05, 3.63) is 119 Å². The van der Waals surface area contributed by atoms with Crippen molar-refractivity contribution in [1.29, 1.82) is 0 Å². The molecule has 1 fully saturated rings. The minimum absolute atomic E-state index is 0.0353. The number of nitrogens with one attached hydrogen (secondary N) is 1. The van der Waals surface area contributed by atoms with Gasteiger partial charge in [-0.2, -0.15) is 5.10 Å². The highest BCUT2D eigenvalue weighted by Gasteiger charge is 2.46. The van der Waals surface area contributed by atoms with Crippen molar-refractivity contribution in [2.45, 2.75) is 38.6 Å². The van der Waals surface area contributed by atoms with Crippen molar-refractivity contribution in [2.75, 3.05) is 0 Å². The molecule has 1 aromatic heterocycles. The minimum atomic E-state index is -0.261. The molecule has 6 heteroatoms. The lowest BCUT2D eigenvalue weighted by atomic mass is 9.68. The lowest BCUT2D eigenvalue weighted by molar-refractivity contribution is 0.0923. The normalized spacial score (nSPS) is 20.8. The van der Waals surface area contributed by atoms with Crippen LogP contribution in [0.25, 0.3) is 11.8 Å². The molecule has 6 rings (SSSR count). The summed E-state index contributed by atoms with van der Waals surface area (Å²) in [6.45, 7) is 2.34. The van der Waals surface area contributed by atoms with Gasteiger partial charge in [0.1, 0.15) is 11.6 Å². The van der Waals surface area contributed by atoms with E-state index in [9.17, 15) is 14.3 Å². The van der Waals surface area contributed by atoms with Gasteiger partial charge in [-0.3, -0.25) is 4.79 Å². The van der Waals surface area contributed by atoms with Crippen LogP contribution >= 0.6 is 0 Å². The number of allylic oxidation sites excluding steroid dienone is 1. The number of halogens is 1. The lowest BCUT2D eigenvalue weighted by Crippen LogP contribution is -2.34. The SMILES string of the molecule is CC12Cc3cnn(-c4ccc(F)cc4)c3C=C1CCC2CC(NC(=O)c1cccc(O)c1)c1ccccc1. The summed E-state index contributed by atoms with van der Waals surface area (Å²) in [4.78, 5) is 13.2. The molecule has 5 nitrogen and oxygen atoms in total. The van der Waals surface area contributed by atoms with Crippen molar-refractivity contribution < 1.29 is 14.3 Å². The second kappa shape index (κ2) is 9.60. The van der Waals surface area contributed by atoms with Gasteiger partial charge in [0.25, 0.3) is 5.91 Å². The molecule has 192 valence electrons. The van der Waals surface area contributed by atoms with Gasteiger partial charge in [0, 0.05) is 5.56 Å². The number of benzene rings is 3. The topological polar surface area (TPSA) is 67.2 Å². The largest absolute Gasteiger partial charge is 0.508 e. The number of fused-ring (bicyclic) bond motifs is 2. The summed E-state index contributed by atoms with van der Waals surface area (Å²) >= 11 is 0. The molecule has 0 spiro atoms. The van der Waals surface area contributed by atoms with E-state index in [1.807, 2.05) is 29.1 Å². The first kappa shape index (κ1) is 24.2. The van der Waals surface area contributed by atoms with Gasteiger partial charge >= 0.3 is 0 Å². The van der Waals surface area contributed by atoms with Gasteiger partial charge in [-0.25, -0.2) is 9.07 Å². The third-order valence-corrected chi connectivity index (χ3v) is 8.36. The Balaban J connectivity index is 1.27. The highest BCUT2D eigenvalue weighted by Crippen LogP contribution is 2.55. The van der Waals surface area contributed by atoms with Crippen LogP contribution in [0.15, 0.2) is 90.6 Å². The predicted molar refractivity (Wildman–Crippen MR) is 145 cm³/mol. The summed E-state index contributed by atoms with van der Waals surface area (Å²) in [5.41, 5.74) is 6.00. The summed E-state index contributed by atoms with van der Waals surface area (Å²) < 4.78 is 15.4. The molecule has 3 unspecified atom stereocenters. The van der Waals surface area contributed by atoms with Crippen LogP contribution in [0, 0.1) is 17.2 Å². The number of nitrogens with zero attached hydrogens (tertiary/aromatic N) is 2. The van der Waals surface area contributed by atoms with Gasteiger partial charge in [-0.1, -0.05) is 48.9 Å². The third-order valence-electron chi connectivity index (χ3n) is 8.36. The van der Waals surface area contributed by atoms with E-state index in [2.05, 4.69) is 35.5 Å². The molecule has 3 aromatic carbocycles. The van der Waals surface area contributed by atoms with E-state index in [0.717, 1.165) is 42.6 Å². The number of rotatable bonds is 6. The number of hydrogen-bond donors (Lipinski definition) is 2. The van der Waals surface area contributed by atoms with Crippen LogP contribution in [0.2, 0.25) is 0 Å². The second-order valence-electron chi connectivity index (χ2n) is 10.7. The highest BCUT2D eigenvalue weighted by atomic mass is 19.1. The molecule has 0 bridgehead atoms. The molecule has 0 radical (unpaired) electrons. The predicted octanol–water partition coefficient (Wildman–Crippen LogP) is 6.63. The number of aromatic hydroxyl groups is 1. The Morgan fingerprint density at radius 3 is 2.68 bits per heavy atom. The van der Waals surface area contributed by atoms with Crippen LogP contribution in [0.4, 0.5) is 4.39 Å². The van der Waals surface area contributed by atoms with Gasteiger partial charge in [0.15, 0.2) is 0 Å². The van der Waals surface area contributed by atoms with E-state index in [-0.39, 0.29) is 28.9 Å². The number of hydrogen-bond acceptors (Lipinski definition) is 3. The maximum absolute atomic E-state index is 13.5. The van der Waals surface area contributed by atoms with Crippen LogP contribution in [0.5, 0.6) is 5.75 Å². The van der Waals surface area contributed by atoms with Gasteiger partial charge in [0.2, 0.25) is 0 Å². The summed E-state index contributed by atoms with van der Waals surface area (Å²) in [5, 5.41) is 17.8. The van der Waals surface area contributed by atoms with Crippen LogP contribution in [0.1, 0.15) is 59.4 Å². The highest BCUT2D eigenvalue weighted by molar-refractivity contribution is 5.94. The van der Waals surface area contributed by atoms with Gasteiger partial charge in [-0.15, -0.1) is 0 Å². The van der Waals surface area contributed by atoms with Crippen LogP contribution in [-0.4, -0.2) is 20.8 Å². The van der Waals surface area contributed by atoms with E-state index < -0.39 is 0 Å². The molecule has 1 heterocycles. The van der Waals surface area contributed by atoms with Gasteiger partial charge in [-0.05, 0) is 96.7 Å². The first-order valence-electron chi connectivity index (χ1n) is 13.1. The number of phenolic OH excluding ortho intramolecular Hbond substituents is 1. The Labute approximate surface area is 221 Å². The average molecular weight is 508 g/mol. The Hall–Kier alpha value is -4.19. The molecule has 2 aliphatic rings. The molecule has 38 heavy (non-hydrogen) atoms. The molecule has 0 saturated heterocycles. The molecular formula is C32H30FN3O2. The fraction of sp³-hybridized carbons (Fsp3) is 0.250. The molecule has 3 atom stereocenters. The minimum Gasteiger partial charge on any atom is -0.508 e. The Bertz CT molecular complexity index is 1510. The van der Waals surface area contributed by atoms with E-state index >= 15 is 0 Å².